The Hall–Kier alpha value is -0.880. The highest BCUT2D eigenvalue weighted by molar-refractivity contribution is 14.1. The molecule has 1 aliphatic rings. The normalized spacial score (nSPS) is 14.0. The predicted molar refractivity (Wildman–Crippen MR) is 96.2 cm³/mol. The molecule has 0 spiro atoms. The summed E-state index contributed by atoms with van der Waals surface area (Å²) in [6.45, 7) is 0.683. The maximum absolute atomic E-state index is 12.9. The smallest absolute Gasteiger partial charge is 0.255 e. The Morgan fingerprint density at radius 3 is 2.57 bits per heavy atom. The Morgan fingerprint density at radius 2 is 1.90 bits per heavy atom. The van der Waals surface area contributed by atoms with E-state index in [1.807, 2.05) is 41.3 Å². The van der Waals surface area contributed by atoms with Gasteiger partial charge in [-0.15, -0.1) is 0 Å². The van der Waals surface area contributed by atoms with Gasteiger partial charge in [-0.3, -0.25) is 4.79 Å². The van der Waals surface area contributed by atoms with Crippen molar-refractivity contribution < 1.29 is 4.79 Å². The van der Waals surface area contributed by atoms with Gasteiger partial charge in [-0.1, -0.05) is 30.3 Å². The Bertz CT molecular complexity index is 655. The van der Waals surface area contributed by atoms with E-state index in [9.17, 15) is 4.79 Å². The first kappa shape index (κ1) is 15.0. The van der Waals surface area contributed by atoms with Gasteiger partial charge in [0.25, 0.3) is 5.91 Å². The van der Waals surface area contributed by atoms with Gasteiger partial charge < -0.3 is 4.90 Å². The van der Waals surface area contributed by atoms with Crippen LogP contribution in [-0.2, 0) is 6.54 Å². The second kappa shape index (κ2) is 6.48. The Labute approximate surface area is 146 Å². The van der Waals surface area contributed by atoms with Crippen LogP contribution in [0.15, 0.2) is 53.0 Å². The van der Waals surface area contributed by atoms with Crippen molar-refractivity contribution in [3.63, 3.8) is 0 Å². The van der Waals surface area contributed by atoms with Crippen molar-refractivity contribution in [3.8, 4) is 0 Å². The lowest BCUT2D eigenvalue weighted by atomic mass is 10.1. The molecule has 0 aromatic heterocycles. The van der Waals surface area contributed by atoms with Gasteiger partial charge in [0.15, 0.2) is 0 Å². The largest absolute Gasteiger partial charge is 0.331 e. The molecule has 2 aromatic rings. The number of rotatable bonds is 4. The standard InChI is InChI=1S/C17H15BrINO/c18-16-9-6-13(19)10-15(16)17(21)20(14-7-8-14)11-12-4-2-1-3-5-12/h1-6,9-10,14H,7-8,11H2. The third kappa shape index (κ3) is 3.66. The van der Waals surface area contributed by atoms with Crippen LogP contribution in [0.1, 0.15) is 28.8 Å². The average molecular weight is 456 g/mol. The fourth-order valence-electron chi connectivity index (χ4n) is 2.35. The number of benzene rings is 2. The highest BCUT2D eigenvalue weighted by Crippen LogP contribution is 2.31. The fourth-order valence-corrected chi connectivity index (χ4v) is 3.26. The summed E-state index contributed by atoms with van der Waals surface area (Å²) in [5, 5.41) is 0. The summed E-state index contributed by atoms with van der Waals surface area (Å²) >= 11 is 5.75. The van der Waals surface area contributed by atoms with Gasteiger partial charge in [-0.2, -0.15) is 0 Å². The van der Waals surface area contributed by atoms with Crippen LogP contribution in [-0.4, -0.2) is 16.8 Å². The molecule has 108 valence electrons. The van der Waals surface area contributed by atoms with Gasteiger partial charge >= 0.3 is 0 Å². The minimum Gasteiger partial charge on any atom is -0.331 e. The molecule has 0 saturated heterocycles. The molecule has 1 amide bonds. The third-order valence-electron chi connectivity index (χ3n) is 3.60. The molecular formula is C17H15BrINO. The zero-order valence-electron chi connectivity index (χ0n) is 11.4. The van der Waals surface area contributed by atoms with Crippen LogP contribution in [0.2, 0.25) is 0 Å². The number of amides is 1. The molecule has 0 N–H and O–H groups in total. The minimum atomic E-state index is 0.117. The molecular weight excluding hydrogens is 441 g/mol. The van der Waals surface area contributed by atoms with Gasteiger partial charge in [0.2, 0.25) is 0 Å². The number of hydrogen-bond donors (Lipinski definition) is 0. The van der Waals surface area contributed by atoms with Crippen molar-refractivity contribution in [1.29, 1.82) is 0 Å². The highest BCUT2D eigenvalue weighted by atomic mass is 127. The maximum atomic E-state index is 12.9. The summed E-state index contributed by atoms with van der Waals surface area (Å²) in [7, 11) is 0. The summed E-state index contributed by atoms with van der Waals surface area (Å²) in [4.78, 5) is 14.9. The number of hydrogen-bond acceptors (Lipinski definition) is 1. The van der Waals surface area contributed by atoms with E-state index in [4.69, 9.17) is 0 Å². The van der Waals surface area contributed by atoms with Crippen molar-refractivity contribution in [1.82, 2.24) is 4.90 Å². The summed E-state index contributed by atoms with van der Waals surface area (Å²) < 4.78 is 1.95. The summed E-state index contributed by atoms with van der Waals surface area (Å²) in [5.41, 5.74) is 1.93. The monoisotopic (exact) mass is 455 g/mol. The van der Waals surface area contributed by atoms with E-state index in [0.717, 1.165) is 26.4 Å². The summed E-state index contributed by atoms with van der Waals surface area (Å²) in [6, 6.07) is 16.5. The van der Waals surface area contributed by atoms with E-state index in [0.29, 0.717) is 12.6 Å². The SMILES string of the molecule is O=C(c1cc(I)ccc1Br)N(Cc1ccccc1)C1CC1. The van der Waals surface area contributed by atoms with Gasteiger partial charge in [0, 0.05) is 20.6 Å². The molecule has 1 fully saturated rings. The van der Waals surface area contributed by atoms with Gasteiger partial charge in [-0.05, 0) is 75.1 Å². The Morgan fingerprint density at radius 1 is 1.19 bits per heavy atom. The van der Waals surface area contributed by atoms with Crippen molar-refractivity contribution in [2.75, 3.05) is 0 Å². The molecule has 2 aromatic carbocycles. The van der Waals surface area contributed by atoms with Crippen LogP contribution in [0.4, 0.5) is 0 Å². The highest BCUT2D eigenvalue weighted by Gasteiger charge is 2.33. The molecule has 0 bridgehead atoms. The molecule has 0 atom stereocenters. The Balaban J connectivity index is 1.87. The lowest BCUT2D eigenvalue weighted by molar-refractivity contribution is 0.0729. The van der Waals surface area contributed by atoms with Crippen LogP contribution in [0.3, 0.4) is 0 Å². The molecule has 4 heteroatoms. The van der Waals surface area contributed by atoms with E-state index in [1.54, 1.807) is 0 Å². The van der Waals surface area contributed by atoms with Crippen LogP contribution >= 0.6 is 38.5 Å². The zero-order chi connectivity index (χ0) is 14.8. The Kier molecular flexibility index (Phi) is 4.64. The van der Waals surface area contributed by atoms with E-state index >= 15 is 0 Å². The fraction of sp³-hybridized carbons (Fsp3) is 0.235. The van der Waals surface area contributed by atoms with Crippen molar-refractivity contribution in [2.45, 2.75) is 25.4 Å². The van der Waals surface area contributed by atoms with E-state index < -0.39 is 0 Å². The molecule has 1 saturated carbocycles. The van der Waals surface area contributed by atoms with E-state index in [2.05, 4.69) is 50.7 Å². The van der Waals surface area contributed by atoms with Crippen LogP contribution in [0.5, 0.6) is 0 Å². The third-order valence-corrected chi connectivity index (χ3v) is 4.97. The van der Waals surface area contributed by atoms with Gasteiger partial charge in [0.05, 0.1) is 5.56 Å². The molecule has 1 aliphatic carbocycles. The first-order chi connectivity index (χ1) is 10.1. The van der Waals surface area contributed by atoms with E-state index in [-0.39, 0.29) is 5.91 Å². The summed E-state index contributed by atoms with van der Waals surface area (Å²) in [5.74, 6) is 0.117. The van der Waals surface area contributed by atoms with Crippen molar-refractivity contribution >= 4 is 44.4 Å². The van der Waals surface area contributed by atoms with Crippen molar-refractivity contribution in [2.24, 2.45) is 0 Å². The number of nitrogens with zero attached hydrogens (tertiary/aromatic N) is 1. The van der Waals surface area contributed by atoms with E-state index in [1.165, 1.54) is 5.56 Å². The molecule has 2 nitrogen and oxygen atoms in total. The second-order valence-electron chi connectivity index (χ2n) is 5.27. The quantitative estimate of drug-likeness (QED) is 0.603. The molecule has 0 heterocycles. The van der Waals surface area contributed by atoms with Crippen LogP contribution in [0.25, 0.3) is 0 Å². The predicted octanol–water partition coefficient (Wildman–Crippen LogP) is 4.86. The topological polar surface area (TPSA) is 20.3 Å². The first-order valence-electron chi connectivity index (χ1n) is 6.95. The summed E-state index contributed by atoms with van der Waals surface area (Å²) in [6.07, 6.45) is 2.22. The lowest BCUT2D eigenvalue weighted by Crippen LogP contribution is -2.32. The maximum Gasteiger partial charge on any atom is 0.255 e. The number of carbonyl (C=O) groups is 1. The van der Waals surface area contributed by atoms with Crippen LogP contribution in [0, 0.1) is 3.57 Å². The number of carbonyl (C=O) groups excluding carboxylic acids is 1. The molecule has 0 radical (unpaired) electrons. The molecule has 0 aliphatic heterocycles. The average Bonchev–Trinajstić information content (AvgIpc) is 3.32. The lowest BCUT2D eigenvalue weighted by Gasteiger charge is -2.23. The van der Waals surface area contributed by atoms with Crippen LogP contribution < -0.4 is 0 Å². The second-order valence-corrected chi connectivity index (χ2v) is 7.37. The molecule has 3 rings (SSSR count). The van der Waals surface area contributed by atoms with Gasteiger partial charge in [0.1, 0.15) is 0 Å². The molecule has 21 heavy (non-hydrogen) atoms. The number of halogens is 2. The molecule has 0 unspecified atom stereocenters. The minimum absolute atomic E-state index is 0.117. The van der Waals surface area contributed by atoms with Gasteiger partial charge in [-0.25, -0.2) is 0 Å². The first-order valence-corrected chi connectivity index (χ1v) is 8.82. The van der Waals surface area contributed by atoms with Crippen molar-refractivity contribution in [3.05, 3.63) is 67.7 Å². The zero-order valence-corrected chi connectivity index (χ0v) is 15.2.